The van der Waals surface area contributed by atoms with Gasteiger partial charge in [0.1, 0.15) is 19.5 Å². The Hall–Kier alpha value is -2.68. The lowest BCUT2D eigenvalue weighted by Gasteiger charge is -2.15. The largest absolute Gasteiger partial charge is 0.489 e. The molecule has 0 saturated heterocycles. The molecule has 0 spiro atoms. The Morgan fingerprint density at radius 1 is 1.11 bits per heavy atom. The van der Waals surface area contributed by atoms with Crippen molar-refractivity contribution in [3.05, 3.63) is 59.7 Å². The van der Waals surface area contributed by atoms with Crippen LogP contribution in [0, 0.1) is 0 Å². The van der Waals surface area contributed by atoms with Gasteiger partial charge in [-0.1, -0.05) is 29.4 Å². The Bertz CT molecular complexity index is 837. The smallest absolute Gasteiger partial charge is 0.446 e. The van der Waals surface area contributed by atoms with Crippen LogP contribution in [-0.2, 0) is 16.2 Å². The highest BCUT2D eigenvalue weighted by atomic mass is 32.2. The highest BCUT2D eigenvalue weighted by Gasteiger charge is 2.29. The van der Waals surface area contributed by atoms with Crippen molar-refractivity contribution in [1.29, 1.82) is 0 Å². The van der Waals surface area contributed by atoms with Crippen molar-refractivity contribution in [1.82, 2.24) is 4.90 Å². The third-order valence-electron chi connectivity index (χ3n) is 3.52. The molecule has 2 aromatic carbocycles. The topological polar surface area (TPSA) is 51.1 Å². The lowest BCUT2D eigenvalue weighted by Crippen LogP contribution is -2.31. The molecule has 28 heavy (non-hydrogen) atoms. The molecule has 0 aliphatic carbocycles. The standard InChI is InChI=1S/C19H19F3N2O3S/c1-24(2)18(25)17(23-26-3)16-7-5-4-6-13(16)12-27-14-8-10-15(11-9-14)28-19(20,21)22/h4-11H,12H2,1-3H3. The summed E-state index contributed by atoms with van der Waals surface area (Å²) in [6, 6.07) is 12.7. The fraction of sp³-hybridized carbons (Fsp3) is 0.263. The number of halogens is 3. The molecule has 1 amide bonds. The van der Waals surface area contributed by atoms with Crippen LogP contribution in [0.2, 0.25) is 0 Å². The van der Waals surface area contributed by atoms with Crippen molar-refractivity contribution in [2.75, 3.05) is 21.2 Å². The van der Waals surface area contributed by atoms with Crippen LogP contribution in [0.15, 0.2) is 58.6 Å². The quantitative estimate of drug-likeness (QED) is 0.386. The predicted octanol–water partition coefficient (Wildman–Crippen LogP) is 4.32. The van der Waals surface area contributed by atoms with E-state index in [0.29, 0.717) is 16.9 Å². The number of thioether (sulfide) groups is 1. The van der Waals surface area contributed by atoms with Crippen molar-refractivity contribution in [3.63, 3.8) is 0 Å². The summed E-state index contributed by atoms with van der Waals surface area (Å²) in [7, 11) is 4.56. The van der Waals surface area contributed by atoms with Crippen LogP contribution >= 0.6 is 11.8 Å². The first-order valence-corrected chi connectivity index (χ1v) is 8.92. The van der Waals surface area contributed by atoms with Crippen LogP contribution in [-0.4, -0.2) is 43.2 Å². The number of amides is 1. The summed E-state index contributed by atoms with van der Waals surface area (Å²) < 4.78 is 42.9. The van der Waals surface area contributed by atoms with Gasteiger partial charge in [0.15, 0.2) is 5.71 Å². The maximum atomic E-state index is 12.4. The number of ether oxygens (including phenoxy) is 1. The van der Waals surface area contributed by atoms with Crippen LogP contribution in [0.4, 0.5) is 13.2 Å². The molecule has 0 atom stereocenters. The second-order valence-corrected chi connectivity index (χ2v) is 6.93. The van der Waals surface area contributed by atoms with E-state index in [0.717, 1.165) is 0 Å². The fourth-order valence-electron chi connectivity index (χ4n) is 2.28. The van der Waals surface area contributed by atoms with Crippen molar-refractivity contribution < 1.29 is 27.5 Å². The van der Waals surface area contributed by atoms with E-state index in [-0.39, 0.29) is 34.9 Å². The third kappa shape index (κ3) is 6.19. The molecule has 0 bridgehead atoms. The minimum atomic E-state index is -4.34. The Balaban J connectivity index is 2.17. The first-order chi connectivity index (χ1) is 13.2. The van der Waals surface area contributed by atoms with Crippen LogP contribution in [0.3, 0.4) is 0 Å². The summed E-state index contributed by atoms with van der Waals surface area (Å²) in [4.78, 5) is 18.7. The molecule has 9 heteroatoms. The van der Waals surface area contributed by atoms with Gasteiger partial charge in [-0.25, -0.2) is 0 Å². The molecule has 0 aromatic heterocycles. The van der Waals surface area contributed by atoms with Gasteiger partial charge in [0.25, 0.3) is 5.91 Å². The first-order valence-electron chi connectivity index (χ1n) is 8.11. The first kappa shape index (κ1) is 21.6. The summed E-state index contributed by atoms with van der Waals surface area (Å²) in [5, 5.41) is 3.84. The van der Waals surface area contributed by atoms with Gasteiger partial charge in [0.05, 0.1) is 0 Å². The molecule has 0 fully saturated rings. The van der Waals surface area contributed by atoms with Gasteiger partial charge in [-0.2, -0.15) is 13.2 Å². The van der Waals surface area contributed by atoms with E-state index in [2.05, 4.69) is 5.16 Å². The highest BCUT2D eigenvalue weighted by molar-refractivity contribution is 8.00. The molecular formula is C19H19F3N2O3S. The van der Waals surface area contributed by atoms with Crippen molar-refractivity contribution in [2.24, 2.45) is 5.16 Å². The van der Waals surface area contributed by atoms with Gasteiger partial charge in [0, 0.05) is 24.6 Å². The Labute approximate surface area is 165 Å². The average Bonchev–Trinajstić information content (AvgIpc) is 2.64. The van der Waals surface area contributed by atoms with E-state index >= 15 is 0 Å². The number of benzene rings is 2. The number of carbonyl (C=O) groups excluding carboxylic acids is 1. The molecule has 0 unspecified atom stereocenters. The van der Waals surface area contributed by atoms with Gasteiger partial charge in [-0.3, -0.25) is 4.79 Å². The summed E-state index contributed by atoms with van der Waals surface area (Å²) in [5.74, 6) is 0.0772. The zero-order valence-electron chi connectivity index (χ0n) is 15.5. The Morgan fingerprint density at radius 3 is 2.32 bits per heavy atom. The highest BCUT2D eigenvalue weighted by Crippen LogP contribution is 2.37. The molecule has 5 nitrogen and oxygen atoms in total. The molecule has 0 aliphatic heterocycles. The number of hydrogen-bond acceptors (Lipinski definition) is 5. The maximum Gasteiger partial charge on any atom is 0.446 e. The average molecular weight is 412 g/mol. The second kappa shape index (κ2) is 9.50. The second-order valence-electron chi connectivity index (χ2n) is 5.79. The number of nitrogens with zero attached hydrogens (tertiary/aromatic N) is 2. The van der Waals surface area contributed by atoms with E-state index in [4.69, 9.17) is 9.57 Å². The molecule has 2 aromatic rings. The van der Waals surface area contributed by atoms with E-state index < -0.39 is 5.51 Å². The number of hydrogen-bond donors (Lipinski definition) is 0. The molecule has 0 aliphatic rings. The van der Waals surface area contributed by atoms with Crippen LogP contribution in [0.1, 0.15) is 11.1 Å². The number of likely N-dealkylation sites (N-methyl/N-ethyl adjacent to an activating group) is 1. The van der Waals surface area contributed by atoms with Gasteiger partial charge in [-0.15, -0.1) is 0 Å². The molecule has 0 N–H and O–H groups in total. The Morgan fingerprint density at radius 2 is 1.75 bits per heavy atom. The van der Waals surface area contributed by atoms with Crippen LogP contribution in [0.5, 0.6) is 5.75 Å². The lowest BCUT2D eigenvalue weighted by molar-refractivity contribution is -0.121. The van der Waals surface area contributed by atoms with Crippen molar-refractivity contribution in [3.8, 4) is 5.75 Å². The predicted molar refractivity (Wildman–Crippen MR) is 101 cm³/mol. The zero-order valence-corrected chi connectivity index (χ0v) is 16.3. The summed E-state index contributed by atoms with van der Waals surface area (Å²) >= 11 is -0.186. The van der Waals surface area contributed by atoms with Crippen LogP contribution < -0.4 is 4.74 Å². The number of rotatable bonds is 7. The maximum absolute atomic E-state index is 12.4. The third-order valence-corrected chi connectivity index (χ3v) is 4.25. The van der Waals surface area contributed by atoms with E-state index in [1.807, 2.05) is 0 Å². The Kier molecular flexibility index (Phi) is 7.33. The van der Waals surface area contributed by atoms with Gasteiger partial charge >= 0.3 is 5.51 Å². The molecule has 0 radical (unpaired) electrons. The minimum absolute atomic E-state index is 0.0753. The molecule has 150 valence electrons. The van der Waals surface area contributed by atoms with E-state index in [1.165, 1.54) is 36.3 Å². The molecule has 2 rings (SSSR count). The monoisotopic (exact) mass is 412 g/mol. The van der Waals surface area contributed by atoms with Gasteiger partial charge in [0.2, 0.25) is 0 Å². The zero-order chi connectivity index (χ0) is 20.7. The summed E-state index contributed by atoms with van der Waals surface area (Å²) in [6.45, 7) is 0.103. The van der Waals surface area contributed by atoms with Crippen molar-refractivity contribution in [2.45, 2.75) is 17.0 Å². The summed E-state index contributed by atoms with van der Waals surface area (Å²) in [5.41, 5.74) is -2.98. The SMILES string of the molecule is CON=C(C(=O)N(C)C)c1ccccc1COc1ccc(SC(F)(F)F)cc1. The summed E-state index contributed by atoms with van der Waals surface area (Å²) in [6.07, 6.45) is 0. The fourth-order valence-corrected chi connectivity index (χ4v) is 2.82. The minimum Gasteiger partial charge on any atom is -0.489 e. The van der Waals surface area contributed by atoms with Crippen molar-refractivity contribution >= 4 is 23.4 Å². The number of alkyl halides is 3. The van der Waals surface area contributed by atoms with Gasteiger partial charge < -0.3 is 14.5 Å². The normalized spacial score (nSPS) is 11.9. The molecular weight excluding hydrogens is 393 g/mol. The molecule has 0 heterocycles. The molecule has 0 saturated carbocycles. The number of oxime groups is 1. The van der Waals surface area contributed by atoms with E-state index in [1.54, 1.807) is 38.4 Å². The number of carbonyl (C=O) groups is 1. The van der Waals surface area contributed by atoms with Crippen LogP contribution in [0.25, 0.3) is 0 Å². The van der Waals surface area contributed by atoms with E-state index in [9.17, 15) is 18.0 Å². The lowest BCUT2D eigenvalue weighted by atomic mass is 10.0. The van der Waals surface area contributed by atoms with Gasteiger partial charge in [-0.05, 0) is 41.6 Å².